The summed E-state index contributed by atoms with van der Waals surface area (Å²) in [5.74, 6) is 0. The molecular weight excluding hydrogens is 906 g/mol. The quantitative estimate of drug-likeness (QED) is 0.157. The second kappa shape index (κ2) is 15.2. The lowest BCUT2D eigenvalue weighted by Crippen LogP contribution is -2.87. The predicted octanol–water partition coefficient (Wildman–Crippen LogP) is 11.6. The topological polar surface area (TPSA) is 14.8 Å². The van der Waals surface area contributed by atoms with Gasteiger partial charge in [0.05, 0.1) is 38.8 Å². The van der Waals surface area contributed by atoms with E-state index in [0.29, 0.717) is 0 Å². The number of hydrogen-bond acceptors (Lipinski definition) is 1. The van der Waals surface area contributed by atoms with Crippen LogP contribution >= 0.6 is 11.8 Å². The second-order valence-electron chi connectivity index (χ2n) is 19.5. The molecule has 0 unspecified atom stereocenters. The molecule has 334 valence electrons. The van der Waals surface area contributed by atoms with Crippen molar-refractivity contribution in [3.05, 3.63) is 255 Å². The van der Waals surface area contributed by atoms with Crippen LogP contribution < -0.4 is 37.1 Å². The number of fused-ring (bicyclic) bond motifs is 13. The smallest absolute Gasteiger partial charge is 0.243 e. The van der Waals surface area contributed by atoms with Gasteiger partial charge in [0.25, 0.3) is 0 Å². The minimum Gasteiger partial charge on any atom is -0.309 e. The van der Waals surface area contributed by atoms with Crippen molar-refractivity contribution >= 4 is 129 Å². The lowest BCUT2D eigenvalue weighted by Gasteiger charge is -2.45. The number of nitrogens with zero attached hydrogens (tertiary/aromatic N) is 3. The SMILES string of the molecule is c1ccc([Si]2(c3ccccc3)c3ccccc3B3c4ccccc4Sc4cc(-n5c6ccccc6c6cc(-n7c8ccccc8c8ccccc87)cc(-n7c8ccccc8c8ccccc87)c65)cc2c43)cc1. The van der Waals surface area contributed by atoms with Gasteiger partial charge < -0.3 is 13.7 Å². The van der Waals surface area contributed by atoms with Crippen molar-refractivity contribution in [1.82, 2.24) is 13.7 Å². The summed E-state index contributed by atoms with van der Waals surface area (Å²) < 4.78 is 7.66. The highest BCUT2D eigenvalue weighted by Gasteiger charge is 2.52. The molecule has 11 aromatic carbocycles. The predicted molar refractivity (Wildman–Crippen MR) is 308 cm³/mol. The molecule has 14 aromatic rings. The fourth-order valence-electron chi connectivity index (χ4n) is 13.3. The highest BCUT2D eigenvalue weighted by Crippen LogP contribution is 2.43. The largest absolute Gasteiger partial charge is 0.309 e. The van der Waals surface area contributed by atoms with Crippen LogP contribution in [0.5, 0.6) is 0 Å². The van der Waals surface area contributed by atoms with Gasteiger partial charge in [-0.15, -0.1) is 0 Å². The average Bonchev–Trinajstić information content (AvgIpc) is 4.09. The Labute approximate surface area is 421 Å². The summed E-state index contributed by atoms with van der Waals surface area (Å²) in [4.78, 5) is 2.65. The highest BCUT2D eigenvalue weighted by molar-refractivity contribution is 8.00. The summed E-state index contributed by atoms with van der Waals surface area (Å²) in [5.41, 5.74) is 14.8. The van der Waals surface area contributed by atoms with Gasteiger partial charge in [0.2, 0.25) is 6.71 Å². The summed E-state index contributed by atoms with van der Waals surface area (Å²) in [6, 6.07) is 96.5. The molecule has 2 aliphatic heterocycles. The number of benzene rings is 11. The summed E-state index contributed by atoms with van der Waals surface area (Å²) in [6.45, 7) is 0.103. The van der Waals surface area contributed by atoms with Crippen LogP contribution in [0.15, 0.2) is 265 Å². The van der Waals surface area contributed by atoms with Gasteiger partial charge in [-0.1, -0.05) is 222 Å². The normalized spacial score (nSPS) is 13.6. The van der Waals surface area contributed by atoms with E-state index < -0.39 is 8.07 Å². The maximum absolute atomic E-state index is 3.00. The van der Waals surface area contributed by atoms with E-state index in [1.165, 1.54) is 118 Å². The number of hydrogen-bond donors (Lipinski definition) is 0. The van der Waals surface area contributed by atoms with Crippen molar-refractivity contribution in [1.29, 1.82) is 0 Å². The van der Waals surface area contributed by atoms with Crippen molar-refractivity contribution in [2.45, 2.75) is 9.79 Å². The molecule has 0 bridgehead atoms. The first kappa shape index (κ1) is 40.2. The minimum atomic E-state index is -3.00. The van der Waals surface area contributed by atoms with E-state index in [9.17, 15) is 0 Å². The van der Waals surface area contributed by atoms with E-state index in [1.807, 2.05) is 11.8 Å². The molecule has 16 rings (SSSR count). The van der Waals surface area contributed by atoms with Crippen molar-refractivity contribution in [2.75, 3.05) is 0 Å². The Morgan fingerprint density at radius 1 is 0.319 bits per heavy atom. The molecule has 5 heterocycles. The molecule has 0 aliphatic carbocycles. The van der Waals surface area contributed by atoms with E-state index in [0.717, 1.165) is 11.4 Å². The third kappa shape index (κ3) is 5.37. The lowest BCUT2D eigenvalue weighted by molar-refractivity contribution is 1.11. The molecular formula is C66H42BN3SSi. The Kier molecular flexibility index (Phi) is 8.50. The van der Waals surface area contributed by atoms with Crippen molar-refractivity contribution in [2.24, 2.45) is 0 Å². The zero-order valence-corrected chi connectivity index (χ0v) is 40.9. The second-order valence-corrected chi connectivity index (χ2v) is 24.3. The molecule has 0 atom stereocenters. The van der Waals surface area contributed by atoms with Gasteiger partial charge in [-0.25, -0.2) is 0 Å². The van der Waals surface area contributed by atoms with Gasteiger partial charge in [0.1, 0.15) is 0 Å². The molecule has 2 aliphatic rings. The van der Waals surface area contributed by atoms with E-state index >= 15 is 0 Å². The van der Waals surface area contributed by atoms with Gasteiger partial charge in [0, 0.05) is 53.5 Å². The van der Waals surface area contributed by atoms with Crippen molar-refractivity contribution in [3.8, 4) is 17.1 Å². The summed E-state index contributed by atoms with van der Waals surface area (Å²) >= 11 is 1.95. The van der Waals surface area contributed by atoms with Crippen LogP contribution in [0.25, 0.3) is 82.5 Å². The molecule has 0 saturated carbocycles. The van der Waals surface area contributed by atoms with E-state index in [2.05, 4.69) is 268 Å². The fourth-order valence-corrected chi connectivity index (χ4v) is 19.9. The molecule has 72 heavy (non-hydrogen) atoms. The van der Waals surface area contributed by atoms with Crippen molar-refractivity contribution < 1.29 is 0 Å². The molecule has 0 spiro atoms. The van der Waals surface area contributed by atoms with E-state index in [4.69, 9.17) is 0 Å². The number of rotatable bonds is 5. The fraction of sp³-hybridized carbons (Fsp3) is 0. The minimum absolute atomic E-state index is 0.103. The monoisotopic (exact) mass is 947 g/mol. The first-order chi connectivity index (χ1) is 35.8. The summed E-state index contributed by atoms with van der Waals surface area (Å²) in [6.07, 6.45) is 0. The van der Waals surface area contributed by atoms with Gasteiger partial charge in [-0.05, 0) is 81.4 Å². The molecule has 0 radical (unpaired) electrons. The Balaban J connectivity index is 1.10. The van der Waals surface area contributed by atoms with Gasteiger partial charge in [0.15, 0.2) is 8.07 Å². The maximum atomic E-state index is 2.64. The van der Waals surface area contributed by atoms with E-state index in [1.54, 1.807) is 0 Å². The van der Waals surface area contributed by atoms with Crippen LogP contribution in [0, 0.1) is 0 Å². The van der Waals surface area contributed by atoms with Gasteiger partial charge in [-0.2, -0.15) is 0 Å². The third-order valence-corrected chi connectivity index (χ3v) is 22.0. The highest BCUT2D eigenvalue weighted by atomic mass is 32.2. The van der Waals surface area contributed by atoms with Crippen LogP contribution in [-0.2, 0) is 0 Å². The van der Waals surface area contributed by atoms with Crippen LogP contribution in [0.2, 0.25) is 0 Å². The average molecular weight is 948 g/mol. The Morgan fingerprint density at radius 3 is 1.35 bits per heavy atom. The van der Waals surface area contributed by atoms with Crippen LogP contribution in [0.1, 0.15) is 0 Å². The third-order valence-electron chi connectivity index (χ3n) is 16.0. The first-order valence-corrected chi connectivity index (χ1v) is 27.8. The Bertz CT molecular complexity index is 4420. The summed E-state index contributed by atoms with van der Waals surface area (Å²) in [5, 5.41) is 13.1. The molecule has 0 saturated heterocycles. The van der Waals surface area contributed by atoms with E-state index in [-0.39, 0.29) is 6.71 Å². The molecule has 6 heteroatoms. The van der Waals surface area contributed by atoms with Crippen LogP contribution in [-0.4, -0.2) is 28.5 Å². The molecule has 3 nitrogen and oxygen atoms in total. The van der Waals surface area contributed by atoms with Crippen LogP contribution in [0.4, 0.5) is 0 Å². The number of para-hydroxylation sites is 5. The number of aromatic nitrogens is 3. The maximum Gasteiger partial charge on any atom is 0.243 e. The standard InChI is InChI=1S/C66H42BN3SSi/c1-3-21-45(22-4-1)72(46-23-5-2-6-24-46)63-38-20-13-31-54(63)67-53-30-12-19-37-61(53)71-62-41-44(42-64(72)65(62)67)69-57-34-16-11-29-51(57)52-39-43(68-55-32-14-7-25-47(55)48-26-8-15-33-56(48)68)40-60(66(52)69)70-58-35-17-9-27-49(58)50-28-10-18-36-59(50)70/h1-42H. The molecule has 0 amide bonds. The Morgan fingerprint density at radius 2 is 0.764 bits per heavy atom. The van der Waals surface area contributed by atoms with Crippen molar-refractivity contribution in [3.63, 3.8) is 0 Å². The van der Waals surface area contributed by atoms with Gasteiger partial charge >= 0.3 is 0 Å². The first-order valence-electron chi connectivity index (χ1n) is 25.0. The summed E-state index contributed by atoms with van der Waals surface area (Å²) in [7, 11) is -3.00. The lowest BCUT2D eigenvalue weighted by atomic mass is 9.36. The molecule has 3 aromatic heterocycles. The molecule has 0 fully saturated rings. The van der Waals surface area contributed by atoms with Gasteiger partial charge in [-0.3, -0.25) is 0 Å². The zero-order chi connectivity index (χ0) is 47.1. The Hall–Kier alpha value is -8.55. The molecule has 0 N–H and O–H groups in total. The van der Waals surface area contributed by atoms with Crippen LogP contribution in [0.3, 0.4) is 0 Å². The zero-order valence-electron chi connectivity index (χ0n) is 39.1.